The molecule has 124 valence electrons. The summed E-state index contributed by atoms with van der Waals surface area (Å²) in [6.45, 7) is 0.778. The van der Waals surface area contributed by atoms with Gasteiger partial charge in [0.1, 0.15) is 5.75 Å². The Labute approximate surface area is 139 Å². The second-order valence-corrected chi connectivity index (χ2v) is 5.47. The third-order valence-corrected chi connectivity index (χ3v) is 4.00. The molecule has 0 saturated carbocycles. The summed E-state index contributed by atoms with van der Waals surface area (Å²) in [6, 6.07) is 14.6. The summed E-state index contributed by atoms with van der Waals surface area (Å²) in [5, 5.41) is 2.84. The number of aryl methyl sites for hydroxylation is 1. The number of imidazole rings is 1. The van der Waals surface area contributed by atoms with Crippen molar-refractivity contribution in [2.24, 2.45) is 7.05 Å². The Morgan fingerprint density at radius 3 is 2.62 bits per heavy atom. The molecule has 3 rings (SSSR count). The fourth-order valence-electron chi connectivity index (χ4n) is 2.73. The third kappa shape index (κ3) is 2.90. The summed E-state index contributed by atoms with van der Waals surface area (Å²) in [5.41, 5.74) is 2.17. The van der Waals surface area contributed by atoms with Crippen LogP contribution in [-0.2, 0) is 13.6 Å². The van der Waals surface area contributed by atoms with E-state index < -0.39 is 0 Å². The number of carbonyl (C=O) groups excluding carboxylic acids is 1. The van der Waals surface area contributed by atoms with Gasteiger partial charge < -0.3 is 10.1 Å². The molecule has 0 atom stereocenters. The molecule has 0 saturated heterocycles. The molecular formula is C18H19N3O3. The van der Waals surface area contributed by atoms with E-state index in [1.807, 2.05) is 24.3 Å². The van der Waals surface area contributed by atoms with Crippen molar-refractivity contribution in [2.75, 3.05) is 13.7 Å². The maximum Gasteiger partial charge on any atom is 0.328 e. The van der Waals surface area contributed by atoms with Gasteiger partial charge in [0, 0.05) is 25.7 Å². The van der Waals surface area contributed by atoms with Gasteiger partial charge in [-0.15, -0.1) is 0 Å². The van der Waals surface area contributed by atoms with Crippen molar-refractivity contribution < 1.29 is 9.53 Å². The second-order valence-electron chi connectivity index (χ2n) is 5.47. The quantitative estimate of drug-likeness (QED) is 0.778. The van der Waals surface area contributed by atoms with E-state index in [9.17, 15) is 9.59 Å². The summed E-state index contributed by atoms with van der Waals surface area (Å²) in [4.78, 5) is 24.5. The van der Waals surface area contributed by atoms with Gasteiger partial charge in [0.15, 0.2) is 0 Å². The molecule has 3 aromatic rings. The van der Waals surface area contributed by atoms with Crippen LogP contribution in [-0.4, -0.2) is 28.7 Å². The molecule has 0 aliphatic carbocycles. The van der Waals surface area contributed by atoms with Crippen LogP contribution in [0.2, 0.25) is 0 Å². The van der Waals surface area contributed by atoms with E-state index in [1.54, 1.807) is 47.6 Å². The Kier molecular flexibility index (Phi) is 4.37. The number of nitrogens with zero attached hydrogens (tertiary/aromatic N) is 2. The lowest BCUT2D eigenvalue weighted by atomic mass is 10.2. The SMILES string of the molecule is COc1cccc(C(=O)NCCn2c(=O)n(C)c3ccccc32)c1. The van der Waals surface area contributed by atoms with Crippen LogP contribution in [0.15, 0.2) is 53.3 Å². The number of methoxy groups -OCH3 is 1. The smallest absolute Gasteiger partial charge is 0.328 e. The van der Waals surface area contributed by atoms with Crippen LogP contribution in [0.25, 0.3) is 11.0 Å². The van der Waals surface area contributed by atoms with Gasteiger partial charge in [0.05, 0.1) is 18.1 Å². The number of fused-ring (bicyclic) bond motifs is 1. The van der Waals surface area contributed by atoms with Gasteiger partial charge in [-0.2, -0.15) is 0 Å². The lowest BCUT2D eigenvalue weighted by molar-refractivity contribution is 0.0952. The molecule has 0 spiro atoms. The first kappa shape index (κ1) is 15.9. The third-order valence-electron chi connectivity index (χ3n) is 4.00. The van der Waals surface area contributed by atoms with E-state index in [0.717, 1.165) is 11.0 Å². The molecule has 2 aromatic carbocycles. The predicted molar refractivity (Wildman–Crippen MR) is 92.5 cm³/mol. The Hall–Kier alpha value is -3.02. The number of hydrogen-bond acceptors (Lipinski definition) is 3. The molecule has 0 unspecified atom stereocenters. The van der Waals surface area contributed by atoms with Gasteiger partial charge in [-0.1, -0.05) is 18.2 Å². The molecule has 6 nitrogen and oxygen atoms in total. The van der Waals surface area contributed by atoms with Gasteiger partial charge >= 0.3 is 5.69 Å². The lowest BCUT2D eigenvalue weighted by Crippen LogP contribution is -2.31. The van der Waals surface area contributed by atoms with E-state index >= 15 is 0 Å². The minimum Gasteiger partial charge on any atom is -0.497 e. The highest BCUT2D eigenvalue weighted by Crippen LogP contribution is 2.13. The molecule has 1 heterocycles. The molecule has 1 amide bonds. The van der Waals surface area contributed by atoms with Crippen molar-refractivity contribution in [3.63, 3.8) is 0 Å². The summed E-state index contributed by atoms with van der Waals surface area (Å²) < 4.78 is 8.40. The van der Waals surface area contributed by atoms with E-state index in [0.29, 0.717) is 24.4 Å². The van der Waals surface area contributed by atoms with Crippen LogP contribution in [0.4, 0.5) is 0 Å². The summed E-state index contributed by atoms with van der Waals surface area (Å²) in [7, 11) is 3.31. The standard InChI is InChI=1S/C18H19N3O3/c1-20-15-8-3-4-9-16(15)21(18(20)23)11-10-19-17(22)13-6-5-7-14(12-13)24-2/h3-9,12H,10-11H2,1-2H3,(H,19,22). The monoisotopic (exact) mass is 325 g/mol. The van der Waals surface area contributed by atoms with E-state index in [4.69, 9.17) is 4.74 Å². The number of para-hydroxylation sites is 2. The zero-order valence-corrected chi connectivity index (χ0v) is 13.7. The van der Waals surface area contributed by atoms with Crippen molar-refractivity contribution in [1.29, 1.82) is 0 Å². The van der Waals surface area contributed by atoms with Crippen LogP contribution >= 0.6 is 0 Å². The number of ether oxygens (including phenoxy) is 1. The molecule has 6 heteroatoms. The molecule has 1 aromatic heterocycles. The van der Waals surface area contributed by atoms with Crippen LogP contribution in [0.1, 0.15) is 10.4 Å². The summed E-state index contributed by atoms with van der Waals surface area (Å²) in [5.74, 6) is 0.440. The average Bonchev–Trinajstić information content (AvgIpc) is 2.87. The number of aromatic nitrogens is 2. The largest absolute Gasteiger partial charge is 0.497 e. The van der Waals surface area contributed by atoms with E-state index in [-0.39, 0.29) is 11.6 Å². The van der Waals surface area contributed by atoms with Crippen LogP contribution in [0.5, 0.6) is 5.75 Å². The van der Waals surface area contributed by atoms with E-state index in [2.05, 4.69) is 5.32 Å². The Morgan fingerprint density at radius 1 is 1.12 bits per heavy atom. The van der Waals surface area contributed by atoms with Crippen LogP contribution < -0.4 is 15.7 Å². The minimum absolute atomic E-state index is 0.0909. The molecule has 0 fully saturated rings. The van der Waals surface area contributed by atoms with Crippen molar-refractivity contribution in [3.8, 4) is 5.75 Å². The first-order chi connectivity index (χ1) is 11.6. The van der Waals surface area contributed by atoms with Crippen molar-refractivity contribution in [1.82, 2.24) is 14.5 Å². The predicted octanol–water partition coefficient (Wildman–Crippen LogP) is 1.78. The molecular weight excluding hydrogens is 306 g/mol. The van der Waals surface area contributed by atoms with Gasteiger partial charge in [0.25, 0.3) is 5.91 Å². The molecule has 0 aliphatic heterocycles. The molecule has 1 N–H and O–H groups in total. The van der Waals surface area contributed by atoms with Crippen molar-refractivity contribution in [3.05, 3.63) is 64.6 Å². The van der Waals surface area contributed by atoms with Crippen LogP contribution in [0.3, 0.4) is 0 Å². The number of hydrogen-bond donors (Lipinski definition) is 1. The number of carbonyl (C=O) groups is 1. The fourth-order valence-corrected chi connectivity index (χ4v) is 2.73. The first-order valence-corrected chi connectivity index (χ1v) is 7.68. The number of amides is 1. The normalized spacial score (nSPS) is 10.8. The fraction of sp³-hybridized carbons (Fsp3) is 0.222. The van der Waals surface area contributed by atoms with E-state index in [1.165, 1.54) is 0 Å². The van der Waals surface area contributed by atoms with Gasteiger partial charge in [-0.05, 0) is 30.3 Å². The maximum atomic E-state index is 12.3. The molecule has 0 bridgehead atoms. The second kappa shape index (κ2) is 6.62. The zero-order chi connectivity index (χ0) is 17.1. The van der Waals surface area contributed by atoms with Crippen LogP contribution in [0, 0.1) is 0 Å². The average molecular weight is 325 g/mol. The molecule has 0 radical (unpaired) electrons. The Morgan fingerprint density at radius 2 is 1.88 bits per heavy atom. The summed E-state index contributed by atoms with van der Waals surface area (Å²) in [6.07, 6.45) is 0. The minimum atomic E-state index is -0.192. The molecule has 24 heavy (non-hydrogen) atoms. The zero-order valence-electron chi connectivity index (χ0n) is 13.7. The van der Waals surface area contributed by atoms with Gasteiger partial charge in [-0.3, -0.25) is 13.9 Å². The Bertz CT molecular complexity index is 940. The molecule has 0 aliphatic rings. The maximum absolute atomic E-state index is 12.3. The topological polar surface area (TPSA) is 65.3 Å². The number of nitrogens with one attached hydrogen (secondary N) is 1. The highest BCUT2D eigenvalue weighted by molar-refractivity contribution is 5.94. The van der Waals surface area contributed by atoms with Crippen molar-refractivity contribution in [2.45, 2.75) is 6.54 Å². The number of rotatable bonds is 5. The highest BCUT2D eigenvalue weighted by atomic mass is 16.5. The first-order valence-electron chi connectivity index (χ1n) is 7.68. The number of benzene rings is 2. The van der Waals surface area contributed by atoms with Gasteiger partial charge in [-0.25, -0.2) is 4.79 Å². The van der Waals surface area contributed by atoms with Crippen molar-refractivity contribution >= 4 is 16.9 Å². The summed E-state index contributed by atoms with van der Waals surface area (Å²) >= 11 is 0. The Balaban J connectivity index is 1.72. The lowest BCUT2D eigenvalue weighted by Gasteiger charge is -2.07. The van der Waals surface area contributed by atoms with Gasteiger partial charge in [0.2, 0.25) is 0 Å². The highest BCUT2D eigenvalue weighted by Gasteiger charge is 2.11.